The minimum absolute atomic E-state index is 0.0804. The summed E-state index contributed by atoms with van der Waals surface area (Å²) in [6.45, 7) is 0.188. The molecule has 11 heteroatoms. The summed E-state index contributed by atoms with van der Waals surface area (Å²) in [4.78, 5) is 20.2. The lowest BCUT2D eigenvalue weighted by molar-refractivity contribution is -0.141. The molecule has 7 nitrogen and oxygen atoms in total. The van der Waals surface area contributed by atoms with Gasteiger partial charge in [0, 0.05) is 51.1 Å². The standard InChI is InChI=1S/C19H18ClF3N4O3/c1-29-10-14(30-2)18-12(9-25-17-8-16(20)26-27(17)18)7-13(28)5-11-3-4-24-15(6-11)19(21,22)23/h3-4,6,8-9,14H,5,7,10H2,1-2H3. The molecule has 3 aromatic rings. The Labute approximate surface area is 174 Å². The third-order valence-electron chi connectivity index (χ3n) is 4.38. The highest BCUT2D eigenvalue weighted by atomic mass is 35.5. The van der Waals surface area contributed by atoms with E-state index in [0.29, 0.717) is 16.9 Å². The average Bonchev–Trinajstić information content (AvgIpc) is 3.06. The van der Waals surface area contributed by atoms with Crippen LogP contribution >= 0.6 is 11.6 Å². The minimum atomic E-state index is -4.58. The number of aromatic nitrogens is 4. The van der Waals surface area contributed by atoms with E-state index in [-0.39, 0.29) is 35.9 Å². The lowest BCUT2D eigenvalue weighted by Gasteiger charge is -2.19. The van der Waals surface area contributed by atoms with E-state index in [0.717, 1.165) is 12.3 Å². The fraction of sp³-hybridized carbons (Fsp3) is 0.368. The number of hydrogen-bond donors (Lipinski definition) is 0. The number of nitrogens with zero attached hydrogens (tertiary/aromatic N) is 4. The highest BCUT2D eigenvalue weighted by Crippen LogP contribution is 2.28. The number of fused-ring (bicyclic) bond motifs is 1. The van der Waals surface area contributed by atoms with Gasteiger partial charge in [-0.3, -0.25) is 9.78 Å². The predicted molar refractivity (Wildman–Crippen MR) is 101 cm³/mol. The molecular formula is C19H18ClF3N4O3. The van der Waals surface area contributed by atoms with Gasteiger partial charge >= 0.3 is 6.18 Å². The zero-order valence-corrected chi connectivity index (χ0v) is 16.9. The quantitative estimate of drug-likeness (QED) is 0.531. The maximum atomic E-state index is 12.9. The Bertz CT molecular complexity index is 1060. The van der Waals surface area contributed by atoms with Crippen molar-refractivity contribution in [2.45, 2.75) is 25.1 Å². The molecule has 0 spiro atoms. The number of ketones is 1. The number of carbonyl (C=O) groups excluding carboxylic acids is 1. The van der Waals surface area contributed by atoms with E-state index in [2.05, 4.69) is 15.1 Å². The fourth-order valence-corrected chi connectivity index (χ4v) is 3.26. The van der Waals surface area contributed by atoms with Gasteiger partial charge in [-0.1, -0.05) is 11.6 Å². The highest BCUT2D eigenvalue weighted by Gasteiger charge is 2.32. The Balaban J connectivity index is 1.90. The summed E-state index contributed by atoms with van der Waals surface area (Å²) in [5.41, 5.74) is 0.701. The van der Waals surface area contributed by atoms with Crippen LogP contribution in [-0.2, 0) is 33.3 Å². The van der Waals surface area contributed by atoms with Gasteiger partial charge < -0.3 is 9.47 Å². The molecule has 0 bridgehead atoms. The fourth-order valence-electron chi connectivity index (χ4n) is 3.09. The first-order chi connectivity index (χ1) is 14.2. The van der Waals surface area contributed by atoms with E-state index in [9.17, 15) is 18.0 Å². The number of pyridine rings is 1. The molecule has 1 atom stereocenters. The summed E-state index contributed by atoms with van der Waals surface area (Å²) in [7, 11) is 3.00. The van der Waals surface area contributed by atoms with Gasteiger partial charge in [-0.15, -0.1) is 0 Å². The number of alkyl halides is 3. The maximum absolute atomic E-state index is 12.9. The zero-order valence-electron chi connectivity index (χ0n) is 16.1. The number of halogens is 4. The van der Waals surface area contributed by atoms with Crippen molar-refractivity contribution in [3.63, 3.8) is 0 Å². The second-order valence-electron chi connectivity index (χ2n) is 6.52. The topological polar surface area (TPSA) is 78.6 Å². The van der Waals surface area contributed by atoms with Crippen LogP contribution in [0.3, 0.4) is 0 Å². The molecule has 1 unspecified atom stereocenters. The molecular weight excluding hydrogens is 425 g/mol. The Morgan fingerprint density at radius 2 is 2.00 bits per heavy atom. The van der Waals surface area contributed by atoms with Crippen molar-refractivity contribution < 1.29 is 27.4 Å². The van der Waals surface area contributed by atoms with E-state index in [1.807, 2.05) is 0 Å². The third-order valence-corrected chi connectivity index (χ3v) is 4.57. The van der Waals surface area contributed by atoms with Crippen LogP contribution in [0.5, 0.6) is 0 Å². The van der Waals surface area contributed by atoms with E-state index < -0.39 is 18.0 Å². The Kier molecular flexibility index (Phi) is 6.69. The third kappa shape index (κ3) is 4.94. The average molecular weight is 443 g/mol. The SMILES string of the molecule is COCC(OC)c1c(CC(=O)Cc2ccnc(C(F)(F)F)c2)cnc2cc(Cl)nn12. The second-order valence-corrected chi connectivity index (χ2v) is 6.91. The molecule has 0 amide bonds. The Morgan fingerprint density at radius 3 is 2.67 bits per heavy atom. The lowest BCUT2D eigenvalue weighted by Crippen LogP contribution is -2.19. The van der Waals surface area contributed by atoms with Crippen LogP contribution in [-0.4, -0.2) is 46.2 Å². The Morgan fingerprint density at radius 1 is 1.23 bits per heavy atom. The largest absolute Gasteiger partial charge is 0.433 e. The first kappa shape index (κ1) is 22.1. The van der Waals surface area contributed by atoms with Crippen molar-refractivity contribution in [1.82, 2.24) is 19.6 Å². The molecule has 0 N–H and O–H groups in total. The van der Waals surface area contributed by atoms with Crippen molar-refractivity contribution in [3.05, 3.63) is 58.3 Å². The van der Waals surface area contributed by atoms with Crippen LogP contribution in [0, 0.1) is 0 Å². The normalized spacial score (nSPS) is 13.0. The van der Waals surface area contributed by atoms with E-state index in [1.54, 1.807) is 6.07 Å². The lowest BCUT2D eigenvalue weighted by atomic mass is 10.0. The first-order valence-electron chi connectivity index (χ1n) is 8.81. The molecule has 0 fully saturated rings. The predicted octanol–water partition coefficient (Wildman–Crippen LogP) is 3.48. The van der Waals surface area contributed by atoms with Crippen molar-refractivity contribution >= 4 is 23.0 Å². The number of carbonyl (C=O) groups is 1. The molecule has 3 heterocycles. The zero-order chi connectivity index (χ0) is 21.9. The molecule has 0 aliphatic heterocycles. The van der Waals surface area contributed by atoms with Crippen LogP contribution in [0.2, 0.25) is 5.15 Å². The first-order valence-corrected chi connectivity index (χ1v) is 9.19. The van der Waals surface area contributed by atoms with Gasteiger partial charge in [0.2, 0.25) is 0 Å². The number of Topliss-reactive ketones (excluding diaryl/α,β-unsaturated/α-hetero) is 1. The van der Waals surface area contributed by atoms with Gasteiger partial charge in [0.15, 0.2) is 10.8 Å². The molecule has 0 saturated heterocycles. The maximum Gasteiger partial charge on any atom is 0.433 e. The molecule has 3 rings (SSSR count). The van der Waals surface area contributed by atoms with Crippen molar-refractivity contribution in [3.8, 4) is 0 Å². The second kappa shape index (κ2) is 9.07. The van der Waals surface area contributed by atoms with Crippen LogP contribution in [0.1, 0.15) is 28.6 Å². The molecule has 3 aromatic heterocycles. The molecule has 0 radical (unpaired) electrons. The highest BCUT2D eigenvalue weighted by molar-refractivity contribution is 6.29. The van der Waals surface area contributed by atoms with Crippen LogP contribution < -0.4 is 0 Å². The number of ether oxygens (including phenoxy) is 2. The molecule has 160 valence electrons. The van der Waals surface area contributed by atoms with Gasteiger partial charge in [0.05, 0.1) is 12.3 Å². The molecule has 0 aromatic carbocycles. The minimum Gasteiger partial charge on any atom is -0.382 e. The summed E-state index contributed by atoms with van der Waals surface area (Å²) < 4.78 is 50.7. The summed E-state index contributed by atoms with van der Waals surface area (Å²) in [6.07, 6.45) is -2.86. The van der Waals surface area contributed by atoms with Crippen LogP contribution in [0.15, 0.2) is 30.6 Å². The summed E-state index contributed by atoms with van der Waals surface area (Å²) in [5, 5.41) is 4.41. The van der Waals surface area contributed by atoms with E-state index >= 15 is 0 Å². The number of rotatable bonds is 8. The van der Waals surface area contributed by atoms with E-state index in [4.69, 9.17) is 21.1 Å². The van der Waals surface area contributed by atoms with Gasteiger partial charge in [-0.25, -0.2) is 9.50 Å². The van der Waals surface area contributed by atoms with Gasteiger partial charge in [0.1, 0.15) is 17.6 Å². The van der Waals surface area contributed by atoms with Gasteiger partial charge in [0.25, 0.3) is 0 Å². The van der Waals surface area contributed by atoms with Crippen LogP contribution in [0.25, 0.3) is 5.65 Å². The molecule has 0 saturated carbocycles. The summed E-state index contributed by atoms with van der Waals surface area (Å²) in [6, 6.07) is 3.81. The van der Waals surface area contributed by atoms with Crippen LogP contribution in [0.4, 0.5) is 13.2 Å². The molecule has 30 heavy (non-hydrogen) atoms. The van der Waals surface area contributed by atoms with Crippen molar-refractivity contribution in [2.75, 3.05) is 20.8 Å². The molecule has 0 aliphatic carbocycles. The Hall–Kier alpha value is -2.56. The molecule has 0 aliphatic rings. The van der Waals surface area contributed by atoms with Gasteiger partial charge in [-0.2, -0.15) is 18.3 Å². The summed E-state index contributed by atoms with van der Waals surface area (Å²) in [5.74, 6) is -0.303. The monoisotopic (exact) mass is 442 g/mol. The van der Waals surface area contributed by atoms with E-state index in [1.165, 1.54) is 31.0 Å². The number of hydrogen-bond acceptors (Lipinski definition) is 6. The number of methoxy groups -OCH3 is 2. The van der Waals surface area contributed by atoms with Gasteiger partial charge in [-0.05, 0) is 17.7 Å². The smallest absolute Gasteiger partial charge is 0.382 e. The van der Waals surface area contributed by atoms with Crippen molar-refractivity contribution in [1.29, 1.82) is 0 Å². The van der Waals surface area contributed by atoms with Crippen molar-refractivity contribution in [2.24, 2.45) is 0 Å². The summed E-state index contributed by atoms with van der Waals surface area (Å²) >= 11 is 5.99.